The molecule has 0 atom stereocenters. The molecule has 120 valence electrons. The second-order valence-corrected chi connectivity index (χ2v) is 6.98. The molecule has 5 nitrogen and oxygen atoms in total. The topological polar surface area (TPSA) is 44.9 Å². The summed E-state index contributed by atoms with van der Waals surface area (Å²) < 4.78 is 2.07. The fourth-order valence-electron chi connectivity index (χ4n) is 3.31. The van der Waals surface area contributed by atoms with Crippen molar-refractivity contribution in [2.75, 3.05) is 20.1 Å². The Kier molecular flexibility index (Phi) is 4.38. The molecule has 22 heavy (non-hydrogen) atoms. The largest absolute Gasteiger partial charge is 0.351 e. The first-order chi connectivity index (χ1) is 10.7. The Morgan fingerprint density at radius 1 is 1.45 bits per heavy atom. The average molecular weight is 319 g/mol. The minimum Gasteiger partial charge on any atom is -0.351 e. The van der Waals surface area contributed by atoms with E-state index in [1.54, 1.807) is 11.3 Å². The summed E-state index contributed by atoms with van der Waals surface area (Å²) in [6, 6.07) is 0. The fourth-order valence-corrected chi connectivity index (χ4v) is 4.03. The Labute approximate surface area is 136 Å². The molecule has 1 N–H and O–H groups in total. The molecular weight excluding hydrogens is 294 g/mol. The van der Waals surface area contributed by atoms with E-state index in [4.69, 9.17) is 0 Å². The van der Waals surface area contributed by atoms with Gasteiger partial charge in [-0.05, 0) is 24.7 Å². The fraction of sp³-hybridized carbons (Fsp3) is 0.625. The number of nitrogens with one attached hydrogen (secondary N) is 1. The van der Waals surface area contributed by atoms with Crippen LogP contribution in [-0.4, -0.2) is 40.4 Å². The van der Waals surface area contributed by atoms with Gasteiger partial charge in [0.05, 0.1) is 12.2 Å². The molecule has 3 rings (SSSR count). The highest BCUT2D eigenvalue weighted by molar-refractivity contribution is 7.15. The molecule has 1 saturated heterocycles. The second kappa shape index (κ2) is 6.28. The maximum Gasteiger partial charge on any atom is 0.193 e. The summed E-state index contributed by atoms with van der Waals surface area (Å²) in [6.45, 7) is 7.54. The van der Waals surface area contributed by atoms with Gasteiger partial charge in [-0.15, -0.1) is 11.3 Å². The molecule has 3 heterocycles. The number of aliphatic imine (C=N–C) groups is 1. The van der Waals surface area contributed by atoms with E-state index in [-0.39, 0.29) is 0 Å². The van der Waals surface area contributed by atoms with E-state index in [1.807, 2.05) is 13.2 Å². The smallest absolute Gasteiger partial charge is 0.193 e. The highest BCUT2D eigenvalue weighted by Gasteiger charge is 2.36. The summed E-state index contributed by atoms with van der Waals surface area (Å²) in [5.41, 5.74) is 1.53. The van der Waals surface area contributed by atoms with E-state index >= 15 is 0 Å². The maximum atomic E-state index is 4.61. The lowest BCUT2D eigenvalue weighted by molar-refractivity contribution is 0.276. The predicted octanol–water partition coefficient (Wildman–Crippen LogP) is 2.98. The SMILES string of the molecule is CCC1(CC)CCN(C(=NC)NCc2cn3ccsc3n2)C1. The number of thiazole rings is 1. The van der Waals surface area contributed by atoms with E-state index < -0.39 is 0 Å². The Morgan fingerprint density at radius 2 is 2.27 bits per heavy atom. The molecule has 0 amide bonds. The van der Waals surface area contributed by atoms with Crippen LogP contribution in [-0.2, 0) is 6.54 Å². The molecule has 6 heteroatoms. The van der Waals surface area contributed by atoms with Gasteiger partial charge >= 0.3 is 0 Å². The molecule has 2 aromatic heterocycles. The van der Waals surface area contributed by atoms with Crippen molar-refractivity contribution in [3.8, 4) is 0 Å². The monoisotopic (exact) mass is 319 g/mol. The van der Waals surface area contributed by atoms with Gasteiger partial charge in [0.25, 0.3) is 0 Å². The van der Waals surface area contributed by atoms with E-state index in [1.165, 1.54) is 19.3 Å². The predicted molar refractivity (Wildman–Crippen MR) is 92.5 cm³/mol. The molecule has 1 aliphatic heterocycles. The number of fused-ring (bicyclic) bond motifs is 1. The van der Waals surface area contributed by atoms with Crippen molar-refractivity contribution >= 4 is 22.3 Å². The third kappa shape index (κ3) is 2.84. The van der Waals surface area contributed by atoms with Gasteiger partial charge in [0.2, 0.25) is 0 Å². The third-order valence-electron chi connectivity index (χ3n) is 5.02. The van der Waals surface area contributed by atoms with Crippen LogP contribution in [0.25, 0.3) is 4.96 Å². The quantitative estimate of drug-likeness (QED) is 0.696. The molecule has 0 bridgehead atoms. The lowest BCUT2D eigenvalue weighted by Gasteiger charge is -2.27. The van der Waals surface area contributed by atoms with Gasteiger partial charge in [0.1, 0.15) is 0 Å². The summed E-state index contributed by atoms with van der Waals surface area (Å²) in [5, 5.41) is 5.52. The van der Waals surface area contributed by atoms with Crippen molar-refractivity contribution in [2.45, 2.75) is 39.7 Å². The van der Waals surface area contributed by atoms with E-state index in [0.717, 1.165) is 36.2 Å². The van der Waals surface area contributed by atoms with Gasteiger partial charge in [-0.2, -0.15) is 0 Å². The van der Waals surface area contributed by atoms with Gasteiger partial charge in [0.15, 0.2) is 10.9 Å². The molecule has 1 fully saturated rings. The normalized spacial score (nSPS) is 18.3. The van der Waals surface area contributed by atoms with E-state index in [9.17, 15) is 0 Å². The van der Waals surface area contributed by atoms with E-state index in [0.29, 0.717) is 5.41 Å². The number of hydrogen-bond acceptors (Lipinski definition) is 3. The molecular formula is C16H25N5S. The highest BCUT2D eigenvalue weighted by atomic mass is 32.1. The Bertz CT molecular complexity index is 624. The Morgan fingerprint density at radius 3 is 2.91 bits per heavy atom. The number of rotatable bonds is 4. The van der Waals surface area contributed by atoms with Crippen molar-refractivity contribution in [3.63, 3.8) is 0 Å². The van der Waals surface area contributed by atoms with Gasteiger partial charge < -0.3 is 10.2 Å². The van der Waals surface area contributed by atoms with Gasteiger partial charge in [-0.25, -0.2) is 4.98 Å². The van der Waals surface area contributed by atoms with Gasteiger partial charge in [-0.1, -0.05) is 13.8 Å². The van der Waals surface area contributed by atoms with Gasteiger partial charge in [0, 0.05) is 37.9 Å². The Balaban J connectivity index is 1.62. The van der Waals surface area contributed by atoms with Gasteiger partial charge in [-0.3, -0.25) is 9.39 Å². The number of nitrogens with zero attached hydrogens (tertiary/aromatic N) is 4. The molecule has 0 aliphatic carbocycles. The van der Waals surface area contributed by atoms with Crippen LogP contribution in [0.2, 0.25) is 0 Å². The van der Waals surface area contributed by atoms with Crippen LogP contribution in [0.15, 0.2) is 22.8 Å². The van der Waals surface area contributed by atoms with Crippen LogP contribution in [0.1, 0.15) is 38.8 Å². The zero-order valence-electron chi connectivity index (χ0n) is 13.7. The molecule has 0 unspecified atom stereocenters. The van der Waals surface area contributed by atoms with Crippen LogP contribution in [0.5, 0.6) is 0 Å². The van der Waals surface area contributed by atoms with Crippen molar-refractivity contribution < 1.29 is 0 Å². The molecule has 0 aromatic carbocycles. The first-order valence-corrected chi connectivity index (χ1v) is 8.94. The Hall–Kier alpha value is -1.56. The lowest BCUT2D eigenvalue weighted by atomic mass is 9.82. The highest BCUT2D eigenvalue weighted by Crippen LogP contribution is 2.36. The zero-order valence-corrected chi connectivity index (χ0v) is 14.5. The van der Waals surface area contributed by atoms with Crippen LogP contribution >= 0.6 is 11.3 Å². The summed E-state index contributed by atoms with van der Waals surface area (Å²) in [4.78, 5) is 12.5. The molecule has 1 aliphatic rings. The van der Waals surface area contributed by atoms with Crippen LogP contribution in [0.4, 0.5) is 0 Å². The van der Waals surface area contributed by atoms with Crippen molar-refractivity contribution in [1.29, 1.82) is 0 Å². The van der Waals surface area contributed by atoms with Crippen molar-refractivity contribution in [2.24, 2.45) is 10.4 Å². The number of likely N-dealkylation sites (tertiary alicyclic amines) is 1. The van der Waals surface area contributed by atoms with Crippen LogP contribution in [0, 0.1) is 5.41 Å². The standard InChI is InChI=1S/C16H25N5S/c1-4-16(5-2)6-7-21(12-16)14(17-3)18-10-13-11-20-8-9-22-15(20)19-13/h8-9,11H,4-7,10,12H2,1-3H3,(H,17,18). The van der Waals surface area contributed by atoms with Crippen molar-refractivity contribution in [1.82, 2.24) is 19.6 Å². The minimum absolute atomic E-state index is 0.467. The molecule has 0 spiro atoms. The average Bonchev–Trinajstić information content (AvgIpc) is 3.22. The number of imidazole rings is 1. The first kappa shape index (κ1) is 15.3. The molecule has 0 saturated carbocycles. The third-order valence-corrected chi connectivity index (χ3v) is 5.79. The summed E-state index contributed by atoms with van der Waals surface area (Å²) in [7, 11) is 1.87. The number of aromatic nitrogens is 2. The number of guanidine groups is 1. The van der Waals surface area contributed by atoms with Crippen molar-refractivity contribution in [3.05, 3.63) is 23.5 Å². The maximum absolute atomic E-state index is 4.61. The summed E-state index contributed by atoms with van der Waals surface area (Å²) in [5.74, 6) is 1.00. The lowest BCUT2D eigenvalue weighted by Crippen LogP contribution is -2.40. The van der Waals surface area contributed by atoms with E-state index in [2.05, 4.69) is 50.0 Å². The molecule has 2 aromatic rings. The summed E-state index contributed by atoms with van der Waals surface area (Å²) in [6.07, 6.45) is 7.88. The first-order valence-electron chi connectivity index (χ1n) is 8.06. The zero-order chi connectivity index (χ0) is 15.6. The van der Waals surface area contributed by atoms with Crippen LogP contribution in [0.3, 0.4) is 0 Å². The summed E-state index contributed by atoms with van der Waals surface area (Å²) >= 11 is 1.66. The minimum atomic E-state index is 0.467. The number of hydrogen-bond donors (Lipinski definition) is 1. The second-order valence-electron chi connectivity index (χ2n) is 6.10. The molecule has 0 radical (unpaired) electrons. The van der Waals surface area contributed by atoms with Crippen LogP contribution < -0.4 is 5.32 Å².